The van der Waals surface area contributed by atoms with Gasteiger partial charge in [0.05, 0.1) is 19.3 Å². The maximum atomic E-state index is 9.74. The highest BCUT2D eigenvalue weighted by Crippen LogP contribution is 2.11. The van der Waals surface area contributed by atoms with Gasteiger partial charge in [0, 0.05) is 13.1 Å². The Kier molecular flexibility index (Phi) is 9.29. The van der Waals surface area contributed by atoms with Crippen LogP contribution in [0.1, 0.15) is 0 Å². The van der Waals surface area contributed by atoms with Crippen molar-refractivity contribution in [3.05, 3.63) is 0 Å². The van der Waals surface area contributed by atoms with E-state index in [1.807, 2.05) is 0 Å². The van der Waals surface area contributed by atoms with E-state index in [-0.39, 0.29) is 31.6 Å². The Morgan fingerprint density at radius 3 is 2.36 bits per heavy atom. The molecule has 4 unspecified atom stereocenters. The highest BCUT2D eigenvalue weighted by Gasteiger charge is 2.26. The second-order valence-electron chi connectivity index (χ2n) is 4.35. The first-order valence-corrected chi connectivity index (χ1v) is 6.72. The Morgan fingerprint density at radius 1 is 1.14 bits per heavy atom. The van der Waals surface area contributed by atoms with Gasteiger partial charge in [-0.1, -0.05) is 0 Å². The summed E-state index contributed by atoms with van der Waals surface area (Å²) in [5, 5.41) is 8.10. The molecule has 124 valence electrons. The highest BCUT2D eigenvalue weighted by molar-refractivity contribution is 5.32. The lowest BCUT2D eigenvalue weighted by Gasteiger charge is -2.06. The smallest absolute Gasteiger partial charge is 0.286 e. The predicted molar refractivity (Wildman–Crippen MR) is 71.9 cm³/mol. The first-order valence-electron chi connectivity index (χ1n) is 6.72. The fourth-order valence-electron chi connectivity index (χ4n) is 1.69. The summed E-state index contributed by atoms with van der Waals surface area (Å²) in [5.41, 5.74) is 10.6. The minimum absolute atomic E-state index is 0.0542. The third kappa shape index (κ3) is 6.93. The quantitative estimate of drug-likeness (QED) is 0.328. The molecule has 0 bridgehead atoms. The topological polar surface area (TPSA) is 151 Å². The number of carbonyl (C=O) groups excluding carboxylic acids is 1. The normalized spacial score (nSPS) is 29.9. The van der Waals surface area contributed by atoms with Crippen molar-refractivity contribution in [1.82, 2.24) is 0 Å². The van der Waals surface area contributed by atoms with Crippen LogP contribution in [0.15, 0.2) is 4.99 Å². The summed E-state index contributed by atoms with van der Waals surface area (Å²) in [5.74, 6) is 0. The SMILES string of the molecule is N#COCC1COC(CN=C=O)O1.NCC1COC(CN)O1. The van der Waals surface area contributed by atoms with Crippen molar-refractivity contribution in [2.45, 2.75) is 24.8 Å². The number of hydrogen-bond donors (Lipinski definition) is 2. The van der Waals surface area contributed by atoms with Crippen LogP contribution in [-0.2, 0) is 28.5 Å². The van der Waals surface area contributed by atoms with Gasteiger partial charge in [-0.3, -0.25) is 0 Å². The molecule has 4 atom stereocenters. The summed E-state index contributed by atoms with van der Waals surface area (Å²) in [6, 6.07) is 0. The molecule has 0 aromatic carbocycles. The Morgan fingerprint density at radius 2 is 1.82 bits per heavy atom. The Balaban J connectivity index is 0.000000235. The zero-order valence-electron chi connectivity index (χ0n) is 12.1. The summed E-state index contributed by atoms with van der Waals surface area (Å²) in [6.45, 7) is 2.15. The number of hydrogen-bond acceptors (Lipinski definition) is 10. The minimum Gasteiger partial charge on any atom is -0.425 e. The van der Waals surface area contributed by atoms with Crippen LogP contribution in [0.25, 0.3) is 0 Å². The van der Waals surface area contributed by atoms with E-state index in [2.05, 4.69) is 9.73 Å². The van der Waals surface area contributed by atoms with Crippen molar-refractivity contribution >= 4 is 6.08 Å². The molecular formula is C12H20N4O6. The van der Waals surface area contributed by atoms with E-state index < -0.39 is 6.29 Å². The van der Waals surface area contributed by atoms with Gasteiger partial charge in [0.1, 0.15) is 19.3 Å². The molecule has 0 aromatic heterocycles. The van der Waals surface area contributed by atoms with Crippen molar-refractivity contribution in [3.8, 4) is 6.26 Å². The lowest BCUT2D eigenvalue weighted by Crippen LogP contribution is -2.25. The number of isocyanates is 1. The molecule has 10 heteroatoms. The number of rotatable bonds is 6. The van der Waals surface area contributed by atoms with Crippen LogP contribution in [0.3, 0.4) is 0 Å². The standard InChI is InChI=1S/C7H8N2O4.C5H12N2O2/c8-4-11-2-6-3-12-7(13-6)1-9-5-10;6-1-4-3-8-5(2-7)9-4/h6-7H,1-3H2;4-5H,1-3,6-7H2. The van der Waals surface area contributed by atoms with Gasteiger partial charge in [0.2, 0.25) is 6.08 Å². The molecule has 2 saturated heterocycles. The van der Waals surface area contributed by atoms with E-state index in [1.54, 1.807) is 0 Å². The van der Waals surface area contributed by atoms with Gasteiger partial charge in [-0.25, -0.2) is 9.79 Å². The molecule has 2 fully saturated rings. The fraction of sp³-hybridized carbons (Fsp3) is 0.833. The van der Waals surface area contributed by atoms with Crippen LogP contribution in [0.5, 0.6) is 0 Å². The lowest BCUT2D eigenvalue weighted by atomic mass is 10.4. The molecule has 0 aromatic rings. The fourth-order valence-corrected chi connectivity index (χ4v) is 1.69. The van der Waals surface area contributed by atoms with Crippen molar-refractivity contribution in [3.63, 3.8) is 0 Å². The number of nitrogens with two attached hydrogens (primary N) is 2. The molecule has 2 aliphatic rings. The summed E-state index contributed by atoms with van der Waals surface area (Å²) in [6.07, 6.45) is 1.97. The number of nitrogens with zero attached hydrogens (tertiary/aromatic N) is 2. The third-order valence-corrected chi connectivity index (χ3v) is 2.72. The summed E-state index contributed by atoms with van der Waals surface area (Å²) in [4.78, 5) is 13.1. The summed E-state index contributed by atoms with van der Waals surface area (Å²) >= 11 is 0. The van der Waals surface area contributed by atoms with Crippen molar-refractivity contribution in [2.75, 3.05) is 39.5 Å². The number of aliphatic imine (C=N–C) groups is 1. The molecule has 2 aliphatic heterocycles. The molecule has 10 nitrogen and oxygen atoms in total. The van der Waals surface area contributed by atoms with Crippen LogP contribution in [0.2, 0.25) is 0 Å². The zero-order valence-corrected chi connectivity index (χ0v) is 12.1. The molecule has 0 radical (unpaired) electrons. The molecule has 2 rings (SSSR count). The first-order chi connectivity index (χ1) is 10.7. The molecule has 0 spiro atoms. The number of nitriles is 1. The second kappa shape index (κ2) is 11.1. The van der Waals surface area contributed by atoms with E-state index in [1.165, 1.54) is 12.3 Å². The molecule has 0 amide bonds. The monoisotopic (exact) mass is 316 g/mol. The Bertz CT molecular complexity index is 388. The van der Waals surface area contributed by atoms with E-state index in [0.29, 0.717) is 26.3 Å². The molecule has 4 N–H and O–H groups in total. The van der Waals surface area contributed by atoms with Gasteiger partial charge in [-0.05, 0) is 0 Å². The van der Waals surface area contributed by atoms with Crippen LogP contribution in [-0.4, -0.2) is 70.3 Å². The van der Waals surface area contributed by atoms with Crippen LogP contribution < -0.4 is 11.5 Å². The van der Waals surface area contributed by atoms with Gasteiger partial charge in [0.25, 0.3) is 6.26 Å². The van der Waals surface area contributed by atoms with Gasteiger partial charge in [0.15, 0.2) is 12.6 Å². The summed E-state index contributed by atoms with van der Waals surface area (Å²) < 4.78 is 25.0. The molecular weight excluding hydrogens is 296 g/mol. The summed E-state index contributed by atoms with van der Waals surface area (Å²) in [7, 11) is 0. The maximum Gasteiger partial charge on any atom is 0.286 e. The maximum absolute atomic E-state index is 9.74. The third-order valence-electron chi connectivity index (χ3n) is 2.72. The Labute approximate surface area is 127 Å². The zero-order chi connectivity index (χ0) is 16.2. The molecule has 22 heavy (non-hydrogen) atoms. The molecule has 2 heterocycles. The predicted octanol–water partition coefficient (Wildman–Crippen LogP) is -1.79. The van der Waals surface area contributed by atoms with Crippen molar-refractivity contribution < 1.29 is 28.5 Å². The second-order valence-corrected chi connectivity index (χ2v) is 4.35. The van der Waals surface area contributed by atoms with E-state index in [4.69, 9.17) is 35.7 Å². The molecule has 0 aliphatic carbocycles. The van der Waals surface area contributed by atoms with Crippen LogP contribution in [0.4, 0.5) is 0 Å². The van der Waals surface area contributed by atoms with E-state index in [9.17, 15) is 4.79 Å². The largest absolute Gasteiger partial charge is 0.425 e. The van der Waals surface area contributed by atoms with Crippen LogP contribution in [0, 0.1) is 11.5 Å². The lowest BCUT2D eigenvalue weighted by molar-refractivity contribution is -0.0568. The van der Waals surface area contributed by atoms with Crippen LogP contribution >= 0.6 is 0 Å². The Hall–Kier alpha value is -1.57. The molecule has 0 saturated carbocycles. The van der Waals surface area contributed by atoms with Crippen molar-refractivity contribution in [1.29, 1.82) is 5.26 Å². The first kappa shape index (κ1) is 18.5. The average molecular weight is 316 g/mol. The van der Waals surface area contributed by atoms with Crippen molar-refractivity contribution in [2.24, 2.45) is 16.5 Å². The van der Waals surface area contributed by atoms with Gasteiger partial charge >= 0.3 is 0 Å². The van der Waals surface area contributed by atoms with Gasteiger partial charge < -0.3 is 35.2 Å². The van der Waals surface area contributed by atoms with E-state index >= 15 is 0 Å². The number of ether oxygens (including phenoxy) is 5. The minimum atomic E-state index is -0.520. The van der Waals surface area contributed by atoms with E-state index in [0.717, 1.165) is 0 Å². The average Bonchev–Trinajstić information content (AvgIpc) is 3.20. The highest BCUT2D eigenvalue weighted by atomic mass is 16.7. The van der Waals surface area contributed by atoms with Gasteiger partial charge in [-0.15, -0.1) is 0 Å². The van der Waals surface area contributed by atoms with Gasteiger partial charge in [-0.2, -0.15) is 5.26 Å².